The Bertz CT molecular complexity index is 647. The van der Waals surface area contributed by atoms with Crippen molar-refractivity contribution in [2.75, 3.05) is 6.61 Å². The molecule has 2 aromatic carbocycles. The van der Waals surface area contributed by atoms with Crippen LogP contribution in [0, 0.1) is 5.92 Å². The van der Waals surface area contributed by atoms with Gasteiger partial charge in [0.2, 0.25) is 0 Å². The molecule has 1 amide bonds. The third-order valence-electron chi connectivity index (χ3n) is 4.16. The minimum Gasteiger partial charge on any atom is -0.484 e. The van der Waals surface area contributed by atoms with E-state index in [1.165, 1.54) is 5.56 Å². The van der Waals surface area contributed by atoms with Crippen molar-refractivity contribution in [3.8, 4) is 5.75 Å². The third kappa shape index (κ3) is 6.26. The second-order valence-electron chi connectivity index (χ2n) is 7.17. The summed E-state index contributed by atoms with van der Waals surface area (Å²) in [7, 11) is 0. The number of amides is 1. The summed E-state index contributed by atoms with van der Waals surface area (Å²) in [5.74, 6) is 1.61. The minimum absolute atomic E-state index is 0.0145. The van der Waals surface area contributed by atoms with E-state index in [0.29, 0.717) is 11.8 Å². The van der Waals surface area contributed by atoms with E-state index in [9.17, 15) is 4.79 Å². The molecule has 3 nitrogen and oxygen atoms in total. The molecule has 3 heteroatoms. The van der Waals surface area contributed by atoms with E-state index in [2.05, 4.69) is 45.1 Å². The number of ether oxygens (including phenoxy) is 1. The summed E-state index contributed by atoms with van der Waals surface area (Å²) in [6, 6.07) is 18.0. The maximum atomic E-state index is 12.3. The SMILES string of the molecule is CC(C)C[C@H](NC(=O)COc1ccc(C(C)C)cc1)c1ccccc1. The average molecular weight is 339 g/mol. The van der Waals surface area contributed by atoms with Crippen LogP contribution in [0.3, 0.4) is 0 Å². The van der Waals surface area contributed by atoms with Crippen LogP contribution in [0.5, 0.6) is 5.75 Å². The molecular weight excluding hydrogens is 310 g/mol. The molecule has 0 aromatic heterocycles. The summed E-state index contributed by atoms with van der Waals surface area (Å²) in [5, 5.41) is 3.10. The molecule has 0 fully saturated rings. The van der Waals surface area contributed by atoms with Crippen molar-refractivity contribution in [1.82, 2.24) is 5.32 Å². The van der Waals surface area contributed by atoms with Crippen molar-refractivity contribution in [2.45, 2.75) is 46.1 Å². The Labute approximate surface area is 151 Å². The molecular formula is C22H29NO2. The normalized spacial score (nSPS) is 12.2. The Morgan fingerprint density at radius 3 is 2.12 bits per heavy atom. The van der Waals surface area contributed by atoms with Crippen LogP contribution < -0.4 is 10.1 Å². The summed E-state index contributed by atoms with van der Waals surface area (Å²) >= 11 is 0. The van der Waals surface area contributed by atoms with Gasteiger partial charge in [0.15, 0.2) is 6.61 Å². The van der Waals surface area contributed by atoms with Crippen molar-refractivity contribution in [2.24, 2.45) is 5.92 Å². The lowest BCUT2D eigenvalue weighted by atomic mass is 9.97. The number of hydrogen-bond acceptors (Lipinski definition) is 2. The van der Waals surface area contributed by atoms with Gasteiger partial charge in [0.1, 0.15) is 5.75 Å². The number of hydrogen-bond donors (Lipinski definition) is 1. The first-order valence-corrected chi connectivity index (χ1v) is 9.02. The van der Waals surface area contributed by atoms with Gasteiger partial charge in [-0.1, -0.05) is 70.2 Å². The maximum Gasteiger partial charge on any atom is 0.258 e. The van der Waals surface area contributed by atoms with E-state index in [0.717, 1.165) is 17.7 Å². The van der Waals surface area contributed by atoms with Gasteiger partial charge in [-0.2, -0.15) is 0 Å². The van der Waals surface area contributed by atoms with Crippen molar-refractivity contribution in [3.63, 3.8) is 0 Å². The van der Waals surface area contributed by atoms with E-state index < -0.39 is 0 Å². The van der Waals surface area contributed by atoms with E-state index in [1.54, 1.807) is 0 Å². The van der Waals surface area contributed by atoms with E-state index in [4.69, 9.17) is 4.74 Å². The molecule has 25 heavy (non-hydrogen) atoms. The van der Waals surface area contributed by atoms with Gasteiger partial charge < -0.3 is 10.1 Å². The van der Waals surface area contributed by atoms with E-state index in [-0.39, 0.29) is 18.6 Å². The highest BCUT2D eigenvalue weighted by Gasteiger charge is 2.16. The van der Waals surface area contributed by atoms with Gasteiger partial charge in [0, 0.05) is 0 Å². The predicted molar refractivity (Wildman–Crippen MR) is 103 cm³/mol. The van der Waals surface area contributed by atoms with Crippen molar-refractivity contribution in [1.29, 1.82) is 0 Å². The molecule has 1 atom stereocenters. The zero-order valence-electron chi connectivity index (χ0n) is 15.7. The molecule has 0 radical (unpaired) electrons. The molecule has 2 aromatic rings. The van der Waals surface area contributed by atoms with Gasteiger partial charge in [-0.05, 0) is 41.5 Å². The van der Waals surface area contributed by atoms with Crippen LogP contribution in [0.4, 0.5) is 0 Å². The molecule has 0 heterocycles. The van der Waals surface area contributed by atoms with Gasteiger partial charge in [-0.25, -0.2) is 0 Å². The Balaban J connectivity index is 1.92. The highest BCUT2D eigenvalue weighted by molar-refractivity contribution is 5.78. The third-order valence-corrected chi connectivity index (χ3v) is 4.16. The van der Waals surface area contributed by atoms with Crippen LogP contribution in [0.1, 0.15) is 57.2 Å². The van der Waals surface area contributed by atoms with E-state index >= 15 is 0 Å². The van der Waals surface area contributed by atoms with Crippen LogP contribution in [0.15, 0.2) is 54.6 Å². The zero-order valence-corrected chi connectivity index (χ0v) is 15.7. The Kier molecular flexibility index (Phi) is 7.05. The maximum absolute atomic E-state index is 12.3. The lowest BCUT2D eigenvalue weighted by Gasteiger charge is -2.21. The summed E-state index contributed by atoms with van der Waals surface area (Å²) in [4.78, 5) is 12.3. The standard InChI is InChI=1S/C22H29NO2/c1-16(2)14-21(19-8-6-5-7-9-19)23-22(24)15-25-20-12-10-18(11-13-20)17(3)4/h5-13,16-17,21H,14-15H2,1-4H3,(H,23,24)/t21-/m0/s1. The molecule has 0 unspecified atom stereocenters. The zero-order chi connectivity index (χ0) is 18.2. The summed E-state index contributed by atoms with van der Waals surface area (Å²) < 4.78 is 5.63. The first-order valence-electron chi connectivity index (χ1n) is 9.02. The van der Waals surface area contributed by atoms with Crippen LogP contribution in [0.25, 0.3) is 0 Å². The summed E-state index contributed by atoms with van der Waals surface area (Å²) in [6.45, 7) is 8.66. The lowest BCUT2D eigenvalue weighted by molar-refractivity contribution is -0.124. The average Bonchev–Trinajstić information content (AvgIpc) is 2.60. The molecule has 134 valence electrons. The fourth-order valence-corrected chi connectivity index (χ4v) is 2.77. The number of benzene rings is 2. The second-order valence-corrected chi connectivity index (χ2v) is 7.17. The van der Waals surface area contributed by atoms with Crippen molar-refractivity contribution >= 4 is 5.91 Å². The van der Waals surface area contributed by atoms with Crippen LogP contribution in [0.2, 0.25) is 0 Å². The van der Waals surface area contributed by atoms with E-state index in [1.807, 2.05) is 42.5 Å². The van der Waals surface area contributed by atoms with Gasteiger partial charge >= 0.3 is 0 Å². The highest BCUT2D eigenvalue weighted by atomic mass is 16.5. The molecule has 2 rings (SSSR count). The molecule has 1 N–H and O–H groups in total. The van der Waals surface area contributed by atoms with Gasteiger partial charge in [0.05, 0.1) is 6.04 Å². The van der Waals surface area contributed by atoms with Crippen LogP contribution in [-0.2, 0) is 4.79 Å². The Morgan fingerprint density at radius 2 is 1.56 bits per heavy atom. The number of rotatable bonds is 8. The first kappa shape index (κ1) is 19.0. The molecule has 0 saturated carbocycles. The monoisotopic (exact) mass is 339 g/mol. The number of carbonyl (C=O) groups is 1. The molecule has 0 saturated heterocycles. The predicted octanol–water partition coefficient (Wildman–Crippen LogP) is 5.09. The largest absolute Gasteiger partial charge is 0.484 e. The fourth-order valence-electron chi connectivity index (χ4n) is 2.77. The topological polar surface area (TPSA) is 38.3 Å². The molecule has 0 bridgehead atoms. The smallest absolute Gasteiger partial charge is 0.258 e. The van der Waals surface area contributed by atoms with Gasteiger partial charge in [-0.15, -0.1) is 0 Å². The quantitative estimate of drug-likeness (QED) is 0.727. The van der Waals surface area contributed by atoms with Crippen molar-refractivity contribution in [3.05, 3.63) is 65.7 Å². The van der Waals surface area contributed by atoms with Crippen molar-refractivity contribution < 1.29 is 9.53 Å². The number of carbonyl (C=O) groups excluding carboxylic acids is 1. The van der Waals surface area contributed by atoms with Crippen LogP contribution >= 0.6 is 0 Å². The second kappa shape index (κ2) is 9.26. The summed E-state index contributed by atoms with van der Waals surface area (Å²) in [6.07, 6.45) is 0.902. The Morgan fingerprint density at radius 1 is 0.920 bits per heavy atom. The summed E-state index contributed by atoms with van der Waals surface area (Å²) in [5.41, 5.74) is 2.39. The lowest BCUT2D eigenvalue weighted by Crippen LogP contribution is -2.33. The van der Waals surface area contributed by atoms with Gasteiger partial charge in [0.25, 0.3) is 5.91 Å². The molecule has 0 aliphatic rings. The fraction of sp³-hybridized carbons (Fsp3) is 0.409. The highest BCUT2D eigenvalue weighted by Crippen LogP contribution is 2.21. The molecule has 0 spiro atoms. The van der Waals surface area contributed by atoms with Gasteiger partial charge in [-0.3, -0.25) is 4.79 Å². The van der Waals surface area contributed by atoms with Crippen LogP contribution in [-0.4, -0.2) is 12.5 Å². The number of nitrogens with one attached hydrogen (secondary N) is 1. The Hall–Kier alpha value is -2.29. The molecule has 0 aliphatic carbocycles. The first-order chi connectivity index (χ1) is 12.0. The molecule has 0 aliphatic heterocycles. The minimum atomic E-state index is -0.0950.